The number of hydrogen-bond donors (Lipinski definition) is 2. The quantitative estimate of drug-likeness (QED) is 0.839. The number of anilines is 1. The number of rotatable bonds is 5. The average molecular weight is 253 g/mol. The van der Waals surface area contributed by atoms with Crippen molar-refractivity contribution in [1.82, 2.24) is 0 Å². The Morgan fingerprint density at radius 1 is 1.41 bits per heavy atom. The van der Waals surface area contributed by atoms with E-state index in [2.05, 4.69) is 12.2 Å². The molecule has 1 saturated carbocycles. The number of nitrogens with one attached hydrogen (secondary N) is 1. The van der Waals surface area contributed by atoms with Crippen molar-refractivity contribution in [1.29, 1.82) is 0 Å². The normalized spacial score (nSPS) is 19.5. The van der Waals surface area contributed by atoms with Crippen LogP contribution in [0.1, 0.15) is 32.6 Å². The van der Waals surface area contributed by atoms with E-state index in [1.165, 1.54) is 19.3 Å². The van der Waals surface area contributed by atoms with Gasteiger partial charge in [0.1, 0.15) is 0 Å². The summed E-state index contributed by atoms with van der Waals surface area (Å²) in [5, 5.41) is 4.28. The second-order valence-corrected chi connectivity index (χ2v) is 5.78. The van der Waals surface area contributed by atoms with E-state index in [4.69, 9.17) is 17.3 Å². The van der Waals surface area contributed by atoms with Gasteiger partial charge in [0.05, 0.1) is 10.7 Å². The predicted molar refractivity (Wildman–Crippen MR) is 74.5 cm³/mol. The summed E-state index contributed by atoms with van der Waals surface area (Å²) in [7, 11) is 0. The maximum Gasteiger partial charge on any atom is 0.0637 e. The van der Waals surface area contributed by atoms with Gasteiger partial charge < -0.3 is 11.1 Å². The Morgan fingerprint density at radius 3 is 2.65 bits per heavy atom. The van der Waals surface area contributed by atoms with E-state index in [1.54, 1.807) is 0 Å². The van der Waals surface area contributed by atoms with Crippen LogP contribution >= 0.6 is 11.6 Å². The van der Waals surface area contributed by atoms with Crippen molar-refractivity contribution in [2.75, 3.05) is 11.9 Å². The van der Waals surface area contributed by atoms with Crippen LogP contribution < -0.4 is 11.1 Å². The first-order valence-corrected chi connectivity index (χ1v) is 6.73. The molecule has 0 heterocycles. The van der Waals surface area contributed by atoms with Crippen molar-refractivity contribution in [2.45, 2.75) is 38.1 Å². The van der Waals surface area contributed by atoms with Crippen molar-refractivity contribution in [2.24, 2.45) is 11.7 Å². The highest BCUT2D eigenvalue weighted by atomic mass is 35.5. The molecule has 2 nitrogen and oxygen atoms in total. The van der Waals surface area contributed by atoms with Crippen LogP contribution in [0.4, 0.5) is 5.69 Å². The molecule has 1 aliphatic carbocycles. The summed E-state index contributed by atoms with van der Waals surface area (Å²) in [4.78, 5) is 0. The Labute approximate surface area is 109 Å². The third kappa shape index (κ3) is 3.14. The first-order valence-electron chi connectivity index (χ1n) is 6.36. The maximum absolute atomic E-state index is 6.17. The van der Waals surface area contributed by atoms with Gasteiger partial charge in [0, 0.05) is 12.1 Å². The third-order valence-corrected chi connectivity index (χ3v) is 4.05. The Hall–Kier alpha value is -0.730. The highest BCUT2D eigenvalue weighted by molar-refractivity contribution is 6.33. The highest BCUT2D eigenvalue weighted by Crippen LogP contribution is 2.35. The number of hydrogen-bond acceptors (Lipinski definition) is 2. The van der Waals surface area contributed by atoms with E-state index >= 15 is 0 Å². The molecule has 17 heavy (non-hydrogen) atoms. The average Bonchev–Trinajstić information content (AvgIpc) is 2.27. The number of nitrogens with two attached hydrogens (primary N) is 1. The minimum atomic E-state index is -0.0456. The molecule has 1 aromatic carbocycles. The van der Waals surface area contributed by atoms with Gasteiger partial charge in [0.15, 0.2) is 0 Å². The van der Waals surface area contributed by atoms with Crippen molar-refractivity contribution in [3.63, 3.8) is 0 Å². The van der Waals surface area contributed by atoms with Gasteiger partial charge in [-0.3, -0.25) is 0 Å². The van der Waals surface area contributed by atoms with Crippen LogP contribution in [0.3, 0.4) is 0 Å². The minimum Gasteiger partial charge on any atom is -0.377 e. The van der Waals surface area contributed by atoms with Gasteiger partial charge in [0.2, 0.25) is 0 Å². The molecule has 0 bridgehead atoms. The van der Waals surface area contributed by atoms with Gasteiger partial charge >= 0.3 is 0 Å². The lowest BCUT2D eigenvalue weighted by Crippen LogP contribution is -2.45. The summed E-state index contributed by atoms with van der Waals surface area (Å²) in [5.74, 6) is 0.832. The molecule has 0 saturated heterocycles. The molecule has 94 valence electrons. The SMILES string of the molecule is CC(CN)(CC1CCC1)Nc1ccccc1Cl. The van der Waals surface area contributed by atoms with Crippen molar-refractivity contribution in [3.05, 3.63) is 29.3 Å². The third-order valence-electron chi connectivity index (χ3n) is 3.72. The van der Waals surface area contributed by atoms with Crippen LogP contribution in [0.15, 0.2) is 24.3 Å². The maximum atomic E-state index is 6.17. The van der Waals surface area contributed by atoms with E-state index in [0.29, 0.717) is 6.54 Å². The molecular formula is C14H21ClN2. The molecular weight excluding hydrogens is 232 g/mol. The molecule has 0 aromatic heterocycles. The van der Waals surface area contributed by atoms with E-state index in [-0.39, 0.29) is 5.54 Å². The lowest BCUT2D eigenvalue weighted by Gasteiger charge is -2.37. The van der Waals surface area contributed by atoms with Crippen molar-refractivity contribution >= 4 is 17.3 Å². The summed E-state index contributed by atoms with van der Waals surface area (Å²) in [6.07, 6.45) is 5.20. The fourth-order valence-corrected chi connectivity index (χ4v) is 2.59. The van der Waals surface area contributed by atoms with E-state index in [0.717, 1.165) is 23.0 Å². The van der Waals surface area contributed by atoms with E-state index < -0.39 is 0 Å². The molecule has 1 unspecified atom stereocenters. The summed E-state index contributed by atoms with van der Waals surface area (Å²) >= 11 is 6.17. The zero-order valence-electron chi connectivity index (χ0n) is 10.4. The molecule has 0 aliphatic heterocycles. The van der Waals surface area contributed by atoms with Gasteiger partial charge in [-0.2, -0.15) is 0 Å². The molecule has 2 rings (SSSR count). The van der Waals surface area contributed by atoms with E-state index in [1.807, 2.05) is 24.3 Å². The Kier molecular flexibility index (Phi) is 3.95. The standard InChI is InChI=1S/C14H21ClN2/c1-14(10-16,9-11-5-4-6-11)17-13-8-3-2-7-12(13)15/h2-3,7-8,11,17H,4-6,9-10,16H2,1H3. The van der Waals surface area contributed by atoms with Gasteiger partial charge in [-0.15, -0.1) is 0 Å². The molecule has 1 aromatic rings. The smallest absolute Gasteiger partial charge is 0.0637 e. The van der Waals surface area contributed by atoms with Crippen LogP contribution in [0.5, 0.6) is 0 Å². The van der Waals surface area contributed by atoms with Gasteiger partial charge in [0.25, 0.3) is 0 Å². The van der Waals surface area contributed by atoms with Crippen LogP contribution in [0, 0.1) is 5.92 Å². The Balaban J connectivity index is 2.05. The lowest BCUT2D eigenvalue weighted by molar-refractivity contribution is 0.248. The van der Waals surface area contributed by atoms with Crippen LogP contribution in [0.2, 0.25) is 5.02 Å². The fraction of sp³-hybridized carbons (Fsp3) is 0.571. The molecule has 3 heteroatoms. The molecule has 1 atom stereocenters. The van der Waals surface area contributed by atoms with E-state index in [9.17, 15) is 0 Å². The zero-order chi connectivity index (χ0) is 12.3. The summed E-state index contributed by atoms with van der Waals surface area (Å²) in [6.45, 7) is 2.82. The first-order chi connectivity index (χ1) is 8.13. The lowest BCUT2D eigenvalue weighted by atomic mass is 9.76. The van der Waals surface area contributed by atoms with Crippen LogP contribution in [0.25, 0.3) is 0 Å². The molecule has 0 spiro atoms. The largest absolute Gasteiger partial charge is 0.377 e. The molecule has 0 radical (unpaired) electrons. The zero-order valence-corrected chi connectivity index (χ0v) is 11.1. The first kappa shape index (κ1) is 12.7. The monoisotopic (exact) mass is 252 g/mol. The number of benzene rings is 1. The van der Waals surface area contributed by atoms with Crippen molar-refractivity contribution < 1.29 is 0 Å². The Morgan fingerprint density at radius 2 is 2.12 bits per heavy atom. The van der Waals surface area contributed by atoms with Gasteiger partial charge in [-0.05, 0) is 31.4 Å². The summed E-state index contributed by atoms with van der Waals surface area (Å²) < 4.78 is 0. The Bertz CT molecular complexity index is 376. The highest BCUT2D eigenvalue weighted by Gasteiger charge is 2.30. The van der Waals surface area contributed by atoms with Crippen molar-refractivity contribution in [3.8, 4) is 0 Å². The molecule has 0 amide bonds. The second-order valence-electron chi connectivity index (χ2n) is 5.37. The molecule has 1 aliphatic rings. The van der Waals surface area contributed by atoms with Crippen LogP contribution in [-0.2, 0) is 0 Å². The minimum absolute atomic E-state index is 0.0456. The van der Waals surface area contributed by atoms with Crippen LogP contribution in [-0.4, -0.2) is 12.1 Å². The van der Waals surface area contributed by atoms with Gasteiger partial charge in [-0.25, -0.2) is 0 Å². The summed E-state index contributed by atoms with van der Waals surface area (Å²) in [5.41, 5.74) is 6.87. The summed E-state index contributed by atoms with van der Waals surface area (Å²) in [6, 6.07) is 7.86. The molecule has 1 fully saturated rings. The van der Waals surface area contributed by atoms with Gasteiger partial charge in [-0.1, -0.05) is 43.0 Å². The predicted octanol–water partition coefficient (Wildman–Crippen LogP) is 3.66. The fourth-order valence-electron chi connectivity index (χ4n) is 2.41. The second kappa shape index (κ2) is 5.28. The topological polar surface area (TPSA) is 38.0 Å². The molecule has 3 N–H and O–H groups in total. The number of halogens is 1. The number of para-hydroxylation sites is 1.